The Labute approximate surface area is 284 Å². The van der Waals surface area contributed by atoms with Crippen molar-refractivity contribution in [3.8, 4) is 0 Å². The lowest BCUT2D eigenvalue weighted by Crippen LogP contribution is -2.54. The van der Waals surface area contributed by atoms with E-state index in [0.717, 1.165) is 5.56 Å². The third kappa shape index (κ3) is 14.0. The third-order valence-electron chi connectivity index (χ3n) is 8.18. The van der Waals surface area contributed by atoms with E-state index >= 15 is 0 Å². The van der Waals surface area contributed by atoms with Crippen molar-refractivity contribution in [1.82, 2.24) is 20.9 Å². The number of nitrogens with one attached hydrogen (secondary N) is 4. The fourth-order valence-electron chi connectivity index (χ4n) is 5.35. The summed E-state index contributed by atoms with van der Waals surface area (Å²) in [6.07, 6.45) is 2.79. The summed E-state index contributed by atoms with van der Waals surface area (Å²) < 4.78 is 5.67. The molecule has 0 bridgehead atoms. The Bertz CT molecular complexity index is 1230. The number of urea groups is 1. The fourth-order valence-corrected chi connectivity index (χ4v) is 5.35. The molecule has 1 aromatic rings. The molecule has 0 radical (unpaired) electrons. The van der Waals surface area contributed by atoms with E-state index in [4.69, 9.17) is 10.5 Å². The number of imide groups is 1. The maximum atomic E-state index is 13.4. The van der Waals surface area contributed by atoms with Gasteiger partial charge in [-0.3, -0.25) is 28.9 Å². The summed E-state index contributed by atoms with van der Waals surface area (Å²) in [5.41, 5.74) is 6.67. The summed E-state index contributed by atoms with van der Waals surface area (Å²) in [4.78, 5) is 76.7. The lowest BCUT2D eigenvalue weighted by atomic mass is 9.94. The second kappa shape index (κ2) is 20.4. The molecule has 1 aromatic carbocycles. The van der Waals surface area contributed by atoms with Crippen LogP contribution in [0.2, 0.25) is 0 Å². The maximum absolute atomic E-state index is 13.4. The zero-order valence-electron chi connectivity index (χ0n) is 29.4. The Balaban J connectivity index is 1.92. The molecular formula is C35H56N6O7. The molecule has 2 rings (SSSR count). The van der Waals surface area contributed by atoms with Crippen LogP contribution in [0.15, 0.2) is 24.3 Å². The highest BCUT2D eigenvalue weighted by molar-refractivity contribution is 6.03. The fraction of sp³-hybridized carbons (Fsp3) is 0.657. The molecule has 6 N–H and O–H groups in total. The van der Waals surface area contributed by atoms with Gasteiger partial charge in [-0.05, 0) is 61.1 Å². The van der Waals surface area contributed by atoms with E-state index in [0.29, 0.717) is 57.0 Å². The number of rotatable bonds is 21. The average molecular weight is 673 g/mol. The van der Waals surface area contributed by atoms with Crippen molar-refractivity contribution < 1.29 is 33.5 Å². The highest BCUT2D eigenvalue weighted by Crippen LogP contribution is 2.26. The number of primary amides is 1. The first-order valence-corrected chi connectivity index (χ1v) is 17.1. The molecule has 13 nitrogen and oxygen atoms in total. The van der Waals surface area contributed by atoms with Gasteiger partial charge in [0.15, 0.2) is 0 Å². The van der Waals surface area contributed by atoms with E-state index < -0.39 is 29.9 Å². The first-order valence-electron chi connectivity index (χ1n) is 17.1. The average Bonchev–Trinajstić information content (AvgIpc) is 3.30. The molecule has 1 unspecified atom stereocenters. The minimum atomic E-state index is -0.939. The van der Waals surface area contributed by atoms with Gasteiger partial charge >= 0.3 is 6.03 Å². The molecule has 13 heteroatoms. The minimum absolute atomic E-state index is 0.113. The topological polar surface area (TPSA) is 189 Å². The van der Waals surface area contributed by atoms with Crippen LogP contribution in [-0.4, -0.2) is 72.2 Å². The zero-order chi connectivity index (χ0) is 35.8. The summed E-state index contributed by atoms with van der Waals surface area (Å²) in [6, 6.07) is 4.74. The molecule has 0 spiro atoms. The summed E-state index contributed by atoms with van der Waals surface area (Å²) in [5.74, 6) is -1.47. The standard InChI is InChI=1S/C35H56N6O7/c1-22(2)20-48-21-25-13-15-26(16-14-25)38-32(44)28(11-10-17-37-35(36)47)39-33(45)31(24(5)6)40-29(42)12-8-7-9-18-41-30(43)19-27(23(3)4)34(41)46/h13-16,22-24,27-28,31H,7-12,17-21H2,1-6H3,(H,38,44)(H,39,45)(H,40,42)(H3,36,37,47)/t27?,28-,31-/m0/s1. The second-order valence-corrected chi connectivity index (χ2v) is 13.6. The monoisotopic (exact) mass is 672 g/mol. The van der Waals surface area contributed by atoms with E-state index in [-0.39, 0.29) is 61.3 Å². The van der Waals surface area contributed by atoms with E-state index in [1.54, 1.807) is 26.0 Å². The van der Waals surface area contributed by atoms with Crippen molar-refractivity contribution >= 4 is 41.3 Å². The molecule has 48 heavy (non-hydrogen) atoms. The van der Waals surface area contributed by atoms with Gasteiger partial charge in [0, 0.05) is 44.1 Å². The molecule has 1 aliphatic heterocycles. The Hall–Kier alpha value is -4.00. The number of unbranched alkanes of at least 4 members (excludes halogenated alkanes) is 2. The smallest absolute Gasteiger partial charge is 0.312 e. The predicted octanol–water partition coefficient (Wildman–Crippen LogP) is 3.46. The highest BCUT2D eigenvalue weighted by atomic mass is 16.5. The number of benzene rings is 1. The Morgan fingerprint density at radius 1 is 0.917 bits per heavy atom. The van der Waals surface area contributed by atoms with Crippen LogP contribution in [0.5, 0.6) is 0 Å². The van der Waals surface area contributed by atoms with Crippen LogP contribution < -0.4 is 27.0 Å². The number of carbonyl (C=O) groups excluding carboxylic acids is 6. The van der Waals surface area contributed by atoms with Gasteiger partial charge in [-0.25, -0.2) is 4.79 Å². The first kappa shape index (κ1) is 40.2. The highest BCUT2D eigenvalue weighted by Gasteiger charge is 2.39. The number of carbonyl (C=O) groups is 6. The normalized spacial score (nSPS) is 15.9. The number of nitrogens with two attached hydrogens (primary N) is 1. The Kier molecular flexibility index (Phi) is 17.1. The second-order valence-electron chi connectivity index (χ2n) is 13.6. The van der Waals surface area contributed by atoms with Gasteiger partial charge in [-0.1, -0.05) is 60.1 Å². The van der Waals surface area contributed by atoms with Crippen LogP contribution >= 0.6 is 0 Å². The van der Waals surface area contributed by atoms with E-state index in [2.05, 4.69) is 35.1 Å². The van der Waals surface area contributed by atoms with E-state index in [1.807, 2.05) is 26.0 Å². The lowest BCUT2D eigenvalue weighted by molar-refractivity contribution is -0.140. The SMILES string of the molecule is CC(C)COCc1ccc(NC(=O)[C@H](CCCNC(N)=O)NC(=O)[C@@H](NC(=O)CCCCCN2C(=O)CC(C(C)C)C2=O)C(C)C)cc1. The first-order chi connectivity index (χ1) is 22.7. The summed E-state index contributed by atoms with van der Waals surface area (Å²) in [5, 5.41) is 10.9. The van der Waals surface area contributed by atoms with Gasteiger partial charge in [-0.15, -0.1) is 0 Å². The molecule has 268 valence electrons. The molecule has 7 amide bonds. The molecule has 1 saturated heterocycles. The van der Waals surface area contributed by atoms with E-state index in [1.165, 1.54) is 4.90 Å². The van der Waals surface area contributed by atoms with Crippen LogP contribution in [-0.2, 0) is 35.3 Å². The van der Waals surface area contributed by atoms with Crippen LogP contribution in [0.3, 0.4) is 0 Å². The number of ether oxygens (including phenoxy) is 1. The van der Waals surface area contributed by atoms with Gasteiger partial charge in [0.05, 0.1) is 6.61 Å². The minimum Gasteiger partial charge on any atom is -0.377 e. The Morgan fingerprint density at radius 3 is 2.19 bits per heavy atom. The summed E-state index contributed by atoms with van der Waals surface area (Å²) in [7, 11) is 0. The number of hydrogen-bond donors (Lipinski definition) is 5. The van der Waals surface area contributed by atoms with Gasteiger partial charge in [0.1, 0.15) is 12.1 Å². The van der Waals surface area contributed by atoms with Crippen LogP contribution in [0.1, 0.15) is 92.1 Å². The van der Waals surface area contributed by atoms with E-state index in [9.17, 15) is 28.8 Å². The quantitative estimate of drug-likeness (QED) is 0.0976. The van der Waals surface area contributed by atoms with Crippen LogP contribution in [0.25, 0.3) is 0 Å². The third-order valence-corrected chi connectivity index (χ3v) is 8.18. The van der Waals surface area contributed by atoms with Crippen LogP contribution in [0.4, 0.5) is 10.5 Å². The van der Waals surface area contributed by atoms with Gasteiger partial charge in [0.2, 0.25) is 29.5 Å². The summed E-state index contributed by atoms with van der Waals surface area (Å²) in [6.45, 7) is 13.3. The molecule has 1 fully saturated rings. The number of hydrogen-bond acceptors (Lipinski definition) is 7. The molecule has 3 atom stereocenters. The molecule has 0 saturated carbocycles. The summed E-state index contributed by atoms with van der Waals surface area (Å²) >= 11 is 0. The zero-order valence-corrected chi connectivity index (χ0v) is 29.4. The largest absolute Gasteiger partial charge is 0.377 e. The number of anilines is 1. The molecular weight excluding hydrogens is 616 g/mol. The maximum Gasteiger partial charge on any atom is 0.312 e. The number of amides is 7. The van der Waals surface area contributed by atoms with Crippen molar-refractivity contribution in [2.45, 2.75) is 105 Å². The Morgan fingerprint density at radius 2 is 1.60 bits per heavy atom. The predicted molar refractivity (Wildman–Crippen MR) is 183 cm³/mol. The van der Waals surface area contributed by atoms with Crippen molar-refractivity contribution in [3.05, 3.63) is 29.8 Å². The van der Waals surface area contributed by atoms with Crippen LogP contribution in [0, 0.1) is 23.7 Å². The van der Waals surface area contributed by atoms with Gasteiger partial charge in [0.25, 0.3) is 0 Å². The van der Waals surface area contributed by atoms with Crippen molar-refractivity contribution in [2.24, 2.45) is 29.4 Å². The lowest BCUT2D eigenvalue weighted by Gasteiger charge is -2.25. The number of nitrogens with zero attached hydrogens (tertiary/aromatic N) is 1. The van der Waals surface area contributed by atoms with Gasteiger partial charge in [-0.2, -0.15) is 0 Å². The van der Waals surface area contributed by atoms with Crippen molar-refractivity contribution in [3.63, 3.8) is 0 Å². The molecule has 0 aromatic heterocycles. The number of likely N-dealkylation sites (tertiary alicyclic amines) is 1. The molecule has 1 aliphatic rings. The molecule has 1 heterocycles. The van der Waals surface area contributed by atoms with Crippen molar-refractivity contribution in [1.29, 1.82) is 0 Å². The molecule has 0 aliphatic carbocycles. The van der Waals surface area contributed by atoms with Crippen molar-refractivity contribution in [2.75, 3.05) is 25.0 Å². The van der Waals surface area contributed by atoms with Gasteiger partial charge < -0.3 is 31.7 Å².